The number of hydrogen-bond acceptors (Lipinski definition) is 2. The molecule has 2 unspecified atom stereocenters. The Kier molecular flexibility index (Phi) is 5.01. The van der Waals surface area contributed by atoms with E-state index >= 15 is 0 Å². The zero-order valence-electron chi connectivity index (χ0n) is 13.7. The van der Waals surface area contributed by atoms with Crippen molar-refractivity contribution in [1.29, 1.82) is 0 Å². The predicted octanol–water partition coefficient (Wildman–Crippen LogP) is 3.46. The molecule has 0 aromatic heterocycles. The molecule has 1 aromatic rings. The van der Waals surface area contributed by atoms with Crippen LogP contribution in [0.2, 0.25) is 0 Å². The molecule has 4 nitrogen and oxygen atoms in total. The van der Waals surface area contributed by atoms with Gasteiger partial charge in [-0.2, -0.15) is 0 Å². The lowest BCUT2D eigenvalue weighted by Crippen LogP contribution is -2.40. The van der Waals surface area contributed by atoms with Gasteiger partial charge in [0.05, 0.1) is 0 Å². The molecule has 2 N–H and O–H groups in total. The zero-order valence-corrected chi connectivity index (χ0v) is 13.7. The van der Waals surface area contributed by atoms with Crippen molar-refractivity contribution < 1.29 is 9.90 Å². The van der Waals surface area contributed by atoms with E-state index in [4.69, 9.17) is 5.11 Å². The van der Waals surface area contributed by atoms with Gasteiger partial charge in [-0.05, 0) is 55.7 Å². The first kappa shape index (κ1) is 16.1. The summed E-state index contributed by atoms with van der Waals surface area (Å²) in [5.41, 5.74) is 2.66. The van der Waals surface area contributed by atoms with E-state index < -0.39 is 6.09 Å². The molecule has 3 rings (SSSR count). The molecule has 0 radical (unpaired) electrons. The number of benzene rings is 1. The van der Waals surface area contributed by atoms with Gasteiger partial charge in [0.2, 0.25) is 0 Å². The summed E-state index contributed by atoms with van der Waals surface area (Å²) in [7, 11) is 0. The number of hydrogen-bond donors (Lipinski definition) is 2. The third-order valence-electron chi connectivity index (χ3n) is 5.09. The molecule has 4 heteroatoms. The molecule has 1 aliphatic heterocycles. The number of nitrogens with zero attached hydrogens (tertiary/aromatic N) is 1. The Hall–Kier alpha value is -1.81. The standard InChI is InChI=1S/C19H26N2O2/c1-14(16-5-3-2-4-6-16)11-17-12-18(17)20-13-15-7-9-21(10-8-15)19(22)23/h2-6,11,15,17-18,20H,7-10,12-13H2,1H3,(H,22,23)/b14-11+. The molecule has 0 bridgehead atoms. The van der Waals surface area contributed by atoms with Gasteiger partial charge < -0.3 is 15.3 Å². The highest BCUT2D eigenvalue weighted by Crippen LogP contribution is 2.34. The van der Waals surface area contributed by atoms with Crippen molar-refractivity contribution >= 4 is 11.7 Å². The molecule has 1 aliphatic carbocycles. The average molecular weight is 314 g/mol. The van der Waals surface area contributed by atoms with Gasteiger partial charge in [-0.25, -0.2) is 4.79 Å². The first-order chi connectivity index (χ1) is 11.1. The lowest BCUT2D eigenvalue weighted by atomic mass is 9.97. The van der Waals surface area contributed by atoms with Crippen LogP contribution in [0.3, 0.4) is 0 Å². The van der Waals surface area contributed by atoms with Crippen LogP contribution in [0.25, 0.3) is 5.57 Å². The molecule has 23 heavy (non-hydrogen) atoms. The van der Waals surface area contributed by atoms with Crippen LogP contribution in [0.5, 0.6) is 0 Å². The van der Waals surface area contributed by atoms with Crippen LogP contribution in [-0.4, -0.2) is 41.8 Å². The third kappa shape index (κ3) is 4.35. The van der Waals surface area contributed by atoms with E-state index in [9.17, 15) is 4.79 Å². The Morgan fingerprint density at radius 2 is 2.00 bits per heavy atom. The quantitative estimate of drug-likeness (QED) is 0.875. The Morgan fingerprint density at radius 3 is 2.65 bits per heavy atom. The van der Waals surface area contributed by atoms with Crippen molar-refractivity contribution in [2.75, 3.05) is 19.6 Å². The molecule has 1 saturated carbocycles. The molecular formula is C19H26N2O2. The number of likely N-dealkylation sites (tertiary alicyclic amines) is 1. The number of nitrogens with one attached hydrogen (secondary N) is 1. The summed E-state index contributed by atoms with van der Waals surface area (Å²) in [5.74, 6) is 1.26. The van der Waals surface area contributed by atoms with Crippen LogP contribution >= 0.6 is 0 Å². The predicted molar refractivity (Wildman–Crippen MR) is 92.3 cm³/mol. The van der Waals surface area contributed by atoms with Crippen LogP contribution in [0, 0.1) is 11.8 Å². The smallest absolute Gasteiger partial charge is 0.407 e. The lowest BCUT2D eigenvalue weighted by Gasteiger charge is -2.30. The molecule has 1 aromatic carbocycles. The number of rotatable bonds is 5. The van der Waals surface area contributed by atoms with E-state index in [0.717, 1.165) is 19.4 Å². The fourth-order valence-electron chi connectivity index (χ4n) is 3.40. The summed E-state index contributed by atoms with van der Waals surface area (Å²) in [4.78, 5) is 12.4. The van der Waals surface area contributed by atoms with Crippen molar-refractivity contribution in [3.8, 4) is 0 Å². The Bertz CT molecular complexity index is 562. The maximum Gasteiger partial charge on any atom is 0.407 e. The molecule has 2 fully saturated rings. The van der Waals surface area contributed by atoms with Crippen LogP contribution in [0.15, 0.2) is 36.4 Å². The minimum atomic E-state index is -0.778. The van der Waals surface area contributed by atoms with E-state index in [1.165, 1.54) is 22.5 Å². The normalized spacial score (nSPS) is 25.4. The fourth-order valence-corrected chi connectivity index (χ4v) is 3.40. The second-order valence-electron chi connectivity index (χ2n) is 6.84. The van der Waals surface area contributed by atoms with Gasteiger partial charge in [-0.3, -0.25) is 0 Å². The Balaban J connectivity index is 1.40. The van der Waals surface area contributed by atoms with E-state index in [2.05, 4.69) is 42.6 Å². The second kappa shape index (κ2) is 7.18. The van der Waals surface area contributed by atoms with Crippen molar-refractivity contribution in [1.82, 2.24) is 10.2 Å². The summed E-state index contributed by atoms with van der Waals surface area (Å²) in [5, 5.41) is 12.6. The maximum absolute atomic E-state index is 10.9. The van der Waals surface area contributed by atoms with E-state index in [1.807, 2.05) is 6.07 Å². The van der Waals surface area contributed by atoms with Gasteiger partial charge in [0.1, 0.15) is 0 Å². The van der Waals surface area contributed by atoms with Gasteiger partial charge in [0, 0.05) is 19.1 Å². The van der Waals surface area contributed by atoms with Crippen molar-refractivity contribution in [2.24, 2.45) is 11.8 Å². The number of carboxylic acid groups (broad SMARTS) is 1. The molecular weight excluding hydrogens is 288 g/mol. The number of amides is 1. The molecule has 0 spiro atoms. The average Bonchev–Trinajstić information content (AvgIpc) is 3.32. The number of carbonyl (C=O) groups is 1. The first-order valence-electron chi connectivity index (χ1n) is 8.58. The van der Waals surface area contributed by atoms with Crippen molar-refractivity contribution in [2.45, 2.75) is 32.2 Å². The minimum Gasteiger partial charge on any atom is -0.465 e. The molecule has 2 atom stereocenters. The summed E-state index contributed by atoms with van der Waals surface area (Å²) in [6.45, 7) is 4.57. The van der Waals surface area contributed by atoms with Gasteiger partial charge in [0.15, 0.2) is 0 Å². The summed E-state index contributed by atoms with van der Waals surface area (Å²) >= 11 is 0. The highest BCUT2D eigenvalue weighted by Gasteiger charge is 2.35. The largest absolute Gasteiger partial charge is 0.465 e. The molecule has 1 saturated heterocycles. The van der Waals surface area contributed by atoms with Gasteiger partial charge in [-0.15, -0.1) is 0 Å². The summed E-state index contributed by atoms with van der Waals surface area (Å²) in [6.07, 6.45) is 4.80. The lowest BCUT2D eigenvalue weighted by molar-refractivity contribution is 0.124. The number of piperidine rings is 1. The maximum atomic E-state index is 10.9. The van der Waals surface area contributed by atoms with E-state index in [-0.39, 0.29) is 0 Å². The van der Waals surface area contributed by atoms with Crippen molar-refractivity contribution in [3.05, 3.63) is 42.0 Å². The third-order valence-corrected chi connectivity index (χ3v) is 5.09. The van der Waals surface area contributed by atoms with E-state index in [1.54, 1.807) is 0 Å². The van der Waals surface area contributed by atoms with Crippen LogP contribution in [-0.2, 0) is 0 Å². The van der Waals surface area contributed by atoms with Gasteiger partial charge in [-0.1, -0.05) is 36.4 Å². The monoisotopic (exact) mass is 314 g/mol. The summed E-state index contributed by atoms with van der Waals surface area (Å²) in [6, 6.07) is 11.1. The molecule has 2 aliphatic rings. The minimum absolute atomic E-state index is 0.603. The first-order valence-corrected chi connectivity index (χ1v) is 8.58. The van der Waals surface area contributed by atoms with Gasteiger partial charge in [0.25, 0.3) is 0 Å². The van der Waals surface area contributed by atoms with Crippen LogP contribution < -0.4 is 5.32 Å². The molecule has 1 amide bonds. The Labute approximate surface area is 138 Å². The second-order valence-corrected chi connectivity index (χ2v) is 6.84. The molecule has 1 heterocycles. The highest BCUT2D eigenvalue weighted by atomic mass is 16.4. The molecule has 124 valence electrons. The topological polar surface area (TPSA) is 52.6 Å². The number of allylic oxidation sites excluding steroid dienone is 1. The van der Waals surface area contributed by atoms with E-state index in [0.29, 0.717) is 31.0 Å². The SMILES string of the molecule is C/C(=C\C1CC1NCC1CCN(C(=O)O)CC1)c1ccccc1. The zero-order chi connectivity index (χ0) is 16.2. The Morgan fingerprint density at radius 1 is 1.30 bits per heavy atom. The fraction of sp³-hybridized carbons (Fsp3) is 0.526. The highest BCUT2D eigenvalue weighted by molar-refractivity contribution is 5.65. The van der Waals surface area contributed by atoms with Crippen LogP contribution in [0.4, 0.5) is 4.79 Å². The van der Waals surface area contributed by atoms with Crippen molar-refractivity contribution in [3.63, 3.8) is 0 Å². The summed E-state index contributed by atoms with van der Waals surface area (Å²) < 4.78 is 0. The van der Waals surface area contributed by atoms with Gasteiger partial charge >= 0.3 is 6.09 Å². The van der Waals surface area contributed by atoms with Crippen LogP contribution in [0.1, 0.15) is 31.7 Å².